The Morgan fingerprint density at radius 1 is 1.40 bits per heavy atom. The molecule has 1 aromatic heterocycles. The number of nitrogens with one attached hydrogen (secondary N) is 1. The summed E-state index contributed by atoms with van der Waals surface area (Å²) in [5.74, 6) is -0.911. The maximum atomic E-state index is 12.4. The van der Waals surface area contributed by atoms with Crippen LogP contribution >= 0.6 is 15.9 Å². The zero-order valence-electron chi connectivity index (χ0n) is 13.5. The fourth-order valence-corrected chi connectivity index (χ4v) is 2.52. The summed E-state index contributed by atoms with van der Waals surface area (Å²) in [4.78, 5) is 26.0. The highest BCUT2D eigenvalue weighted by Crippen LogP contribution is 2.21. The molecule has 1 heterocycles. The van der Waals surface area contributed by atoms with E-state index in [9.17, 15) is 9.59 Å². The highest BCUT2D eigenvalue weighted by atomic mass is 79.9. The van der Waals surface area contributed by atoms with E-state index >= 15 is 0 Å². The van der Waals surface area contributed by atoms with Crippen molar-refractivity contribution in [3.63, 3.8) is 0 Å². The molecule has 2 rings (SSSR count). The Bertz CT molecular complexity index is 784. The van der Waals surface area contributed by atoms with Crippen LogP contribution in [0.3, 0.4) is 0 Å². The van der Waals surface area contributed by atoms with Crippen molar-refractivity contribution in [3.8, 4) is 6.07 Å². The van der Waals surface area contributed by atoms with Crippen LogP contribution in [0.1, 0.15) is 11.3 Å². The third-order valence-corrected chi connectivity index (χ3v) is 3.98. The van der Waals surface area contributed by atoms with Crippen molar-refractivity contribution in [2.24, 2.45) is 0 Å². The van der Waals surface area contributed by atoms with E-state index in [-0.39, 0.29) is 13.1 Å². The fraction of sp³-hybridized carbons (Fsp3) is 0.235. The molecule has 0 spiro atoms. The molecule has 0 bridgehead atoms. The molecule has 0 aliphatic carbocycles. The van der Waals surface area contributed by atoms with Crippen molar-refractivity contribution in [1.82, 2.24) is 4.90 Å². The number of methoxy groups -OCH3 is 1. The second kappa shape index (κ2) is 9.01. The van der Waals surface area contributed by atoms with Crippen LogP contribution in [0.4, 0.5) is 5.69 Å². The lowest BCUT2D eigenvalue weighted by Gasteiger charge is -2.20. The van der Waals surface area contributed by atoms with Gasteiger partial charge in [-0.1, -0.05) is 0 Å². The first-order chi connectivity index (χ1) is 12.0. The second-order valence-corrected chi connectivity index (χ2v) is 5.91. The average molecular weight is 406 g/mol. The highest BCUT2D eigenvalue weighted by Gasteiger charge is 2.23. The van der Waals surface area contributed by atoms with E-state index in [1.165, 1.54) is 18.3 Å². The third kappa shape index (κ3) is 5.17. The number of rotatable bonds is 6. The molecule has 0 aliphatic heterocycles. The van der Waals surface area contributed by atoms with Crippen LogP contribution in [-0.4, -0.2) is 37.0 Å². The van der Waals surface area contributed by atoms with Crippen LogP contribution in [0.25, 0.3) is 0 Å². The largest absolute Gasteiger partial charge is 0.467 e. The standard InChI is InChI=1S/C17H16BrN3O4/c1-24-8-6-21(11-14-3-2-7-25-14)17(23)16(22)20-13-5-4-12(10-19)15(18)9-13/h2-5,7,9H,6,8,11H2,1H3,(H,20,22). The Morgan fingerprint density at radius 3 is 2.80 bits per heavy atom. The molecule has 0 atom stereocenters. The van der Waals surface area contributed by atoms with Gasteiger partial charge in [0.1, 0.15) is 11.8 Å². The molecule has 0 radical (unpaired) electrons. The van der Waals surface area contributed by atoms with Gasteiger partial charge in [0.05, 0.1) is 25.0 Å². The van der Waals surface area contributed by atoms with Crippen molar-refractivity contribution in [1.29, 1.82) is 5.26 Å². The van der Waals surface area contributed by atoms with E-state index in [1.54, 1.807) is 30.3 Å². The summed E-state index contributed by atoms with van der Waals surface area (Å²) in [6.07, 6.45) is 1.50. The summed E-state index contributed by atoms with van der Waals surface area (Å²) >= 11 is 3.24. The molecule has 25 heavy (non-hydrogen) atoms. The smallest absolute Gasteiger partial charge is 0.313 e. The minimum absolute atomic E-state index is 0.166. The van der Waals surface area contributed by atoms with Gasteiger partial charge in [0.15, 0.2) is 0 Å². The van der Waals surface area contributed by atoms with Gasteiger partial charge in [0.25, 0.3) is 0 Å². The molecule has 0 fully saturated rings. The predicted octanol–water partition coefficient (Wildman–Crippen LogP) is 2.53. The zero-order chi connectivity index (χ0) is 18.2. The second-order valence-electron chi connectivity index (χ2n) is 5.06. The number of hydrogen-bond acceptors (Lipinski definition) is 5. The van der Waals surface area contributed by atoms with Crippen molar-refractivity contribution in [2.75, 3.05) is 25.6 Å². The first-order valence-corrected chi connectivity index (χ1v) is 8.15. The number of halogens is 1. The molecule has 8 heteroatoms. The number of nitrogens with zero attached hydrogens (tertiary/aromatic N) is 2. The molecule has 130 valence electrons. The Hall–Kier alpha value is -2.63. The summed E-state index contributed by atoms with van der Waals surface area (Å²) < 4.78 is 10.8. The lowest BCUT2D eigenvalue weighted by molar-refractivity contribution is -0.144. The van der Waals surface area contributed by atoms with Gasteiger partial charge >= 0.3 is 11.8 Å². The summed E-state index contributed by atoms with van der Waals surface area (Å²) in [7, 11) is 1.52. The molecular formula is C17H16BrN3O4. The van der Waals surface area contributed by atoms with E-state index in [0.717, 1.165) is 0 Å². The van der Waals surface area contributed by atoms with E-state index < -0.39 is 11.8 Å². The lowest BCUT2D eigenvalue weighted by Crippen LogP contribution is -2.41. The van der Waals surface area contributed by atoms with Gasteiger partial charge in [-0.05, 0) is 46.3 Å². The number of carbonyl (C=O) groups is 2. The number of hydrogen-bond donors (Lipinski definition) is 1. The van der Waals surface area contributed by atoms with Gasteiger partial charge in [0, 0.05) is 23.8 Å². The highest BCUT2D eigenvalue weighted by molar-refractivity contribution is 9.10. The molecule has 1 aromatic carbocycles. The van der Waals surface area contributed by atoms with Gasteiger partial charge in [0.2, 0.25) is 0 Å². The van der Waals surface area contributed by atoms with Crippen LogP contribution in [0.15, 0.2) is 45.5 Å². The minimum Gasteiger partial charge on any atom is -0.467 e. The van der Waals surface area contributed by atoms with Crippen molar-refractivity contribution in [2.45, 2.75) is 6.54 Å². The Labute approximate surface area is 153 Å². The quantitative estimate of drug-likeness (QED) is 0.744. The summed E-state index contributed by atoms with van der Waals surface area (Å²) in [6, 6.07) is 10.1. The van der Waals surface area contributed by atoms with Gasteiger partial charge in [-0.25, -0.2) is 0 Å². The number of benzene rings is 1. The number of anilines is 1. The Morgan fingerprint density at radius 2 is 2.20 bits per heavy atom. The van der Waals surface area contributed by atoms with Crippen LogP contribution in [0, 0.1) is 11.3 Å². The van der Waals surface area contributed by atoms with Gasteiger partial charge in [-0.3, -0.25) is 9.59 Å². The minimum atomic E-state index is -0.778. The number of ether oxygens (including phenoxy) is 1. The van der Waals surface area contributed by atoms with Crippen LogP contribution in [0.5, 0.6) is 0 Å². The molecule has 2 aromatic rings. The Kier molecular flexibility index (Phi) is 6.74. The van der Waals surface area contributed by atoms with Crippen molar-refractivity contribution >= 4 is 33.4 Å². The van der Waals surface area contributed by atoms with Gasteiger partial charge in [-0.2, -0.15) is 5.26 Å². The van der Waals surface area contributed by atoms with Gasteiger partial charge in [-0.15, -0.1) is 0 Å². The SMILES string of the molecule is COCCN(Cc1ccco1)C(=O)C(=O)Nc1ccc(C#N)c(Br)c1. The third-order valence-electron chi connectivity index (χ3n) is 3.32. The number of nitriles is 1. The molecular weight excluding hydrogens is 390 g/mol. The molecule has 0 saturated heterocycles. The zero-order valence-corrected chi connectivity index (χ0v) is 15.1. The number of amides is 2. The summed E-state index contributed by atoms with van der Waals surface area (Å²) in [5, 5.41) is 11.4. The topological polar surface area (TPSA) is 95.6 Å². The first-order valence-electron chi connectivity index (χ1n) is 7.36. The van der Waals surface area contributed by atoms with E-state index in [4.69, 9.17) is 14.4 Å². The monoisotopic (exact) mass is 405 g/mol. The van der Waals surface area contributed by atoms with E-state index in [2.05, 4.69) is 21.2 Å². The number of carbonyl (C=O) groups excluding carboxylic acids is 2. The molecule has 2 amide bonds. The molecule has 0 aliphatic rings. The van der Waals surface area contributed by atoms with Crippen molar-refractivity contribution in [3.05, 3.63) is 52.4 Å². The van der Waals surface area contributed by atoms with Crippen molar-refractivity contribution < 1.29 is 18.7 Å². The molecule has 0 unspecified atom stereocenters. The number of furan rings is 1. The maximum absolute atomic E-state index is 12.4. The lowest BCUT2D eigenvalue weighted by atomic mass is 10.2. The molecule has 0 saturated carbocycles. The molecule has 1 N–H and O–H groups in total. The van der Waals surface area contributed by atoms with Gasteiger partial charge < -0.3 is 19.4 Å². The summed E-state index contributed by atoms with van der Waals surface area (Å²) in [6.45, 7) is 0.711. The summed E-state index contributed by atoms with van der Waals surface area (Å²) in [5.41, 5.74) is 0.845. The normalized spacial score (nSPS) is 10.1. The van der Waals surface area contributed by atoms with E-state index in [0.29, 0.717) is 28.1 Å². The van der Waals surface area contributed by atoms with Crippen LogP contribution < -0.4 is 5.32 Å². The Balaban J connectivity index is 2.07. The first kappa shape index (κ1) is 18.7. The van der Waals surface area contributed by atoms with E-state index in [1.807, 2.05) is 6.07 Å². The maximum Gasteiger partial charge on any atom is 0.313 e. The van der Waals surface area contributed by atoms with Crippen LogP contribution in [0.2, 0.25) is 0 Å². The van der Waals surface area contributed by atoms with Crippen LogP contribution in [-0.2, 0) is 20.9 Å². The predicted molar refractivity (Wildman–Crippen MR) is 93.5 cm³/mol. The fourth-order valence-electron chi connectivity index (χ4n) is 2.06. The average Bonchev–Trinajstić information content (AvgIpc) is 3.11. The molecule has 7 nitrogen and oxygen atoms in total.